The van der Waals surface area contributed by atoms with Crippen LogP contribution in [0.25, 0.3) is 16.6 Å². The third kappa shape index (κ3) is 8.54. The second-order valence-electron chi connectivity index (χ2n) is 16.4. The van der Waals surface area contributed by atoms with Crippen LogP contribution in [0.1, 0.15) is 97.1 Å². The Kier molecular flexibility index (Phi) is 11.8. The van der Waals surface area contributed by atoms with Crippen LogP contribution in [0.5, 0.6) is 0 Å². The molecule has 1 aromatic carbocycles. The molecular formula is C43H47F2N11O6. The Bertz CT molecular complexity index is 2580. The van der Waals surface area contributed by atoms with Crippen LogP contribution >= 0.6 is 0 Å². The van der Waals surface area contributed by atoms with Crippen molar-refractivity contribution in [2.45, 2.75) is 75.9 Å². The number of hydrogen-bond donors (Lipinski definition) is 2. The number of morpholine rings is 1. The Morgan fingerprint density at radius 2 is 1.87 bits per heavy atom. The number of halogens is 2. The summed E-state index contributed by atoms with van der Waals surface area (Å²) < 4.78 is 44.6. The highest BCUT2D eigenvalue weighted by Crippen LogP contribution is 2.36. The Morgan fingerprint density at radius 1 is 1.05 bits per heavy atom. The van der Waals surface area contributed by atoms with Gasteiger partial charge in [0, 0.05) is 50.9 Å². The average Bonchev–Trinajstić information content (AvgIpc) is 3.99. The molecule has 2 N–H and O–H groups in total. The maximum atomic E-state index is 14.2. The molecule has 1 saturated carbocycles. The average molecular weight is 852 g/mol. The first-order valence-corrected chi connectivity index (χ1v) is 21.1. The Hall–Kier alpha value is -6.10. The molecule has 7 heterocycles. The molecule has 1 atom stereocenters. The van der Waals surface area contributed by atoms with Gasteiger partial charge in [-0.3, -0.25) is 38.8 Å². The fourth-order valence-corrected chi connectivity index (χ4v) is 9.15. The van der Waals surface area contributed by atoms with Crippen LogP contribution in [0.2, 0.25) is 0 Å². The molecule has 62 heavy (non-hydrogen) atoms. The second-order valence-corrected chi connectivity index (χ2v) is 16.4. The standard InChI is InChI=1S/C43H47F2N11O6/c1-52-39-27(4-2-6-30(39)37(50-52)31-11-12-35(57)49-42(31)59)5-3-20-62-29-13-16-53(17-14-29)23-26-7-9-28(10-8-26)56-24-33(38(51-56)40(44)45)47-43(60)32-22-46-55-18-15-34(48-41(32)55)54-19-21-61-25-36(54)58/h2,4,6,15,18,22,24,26,28-29,31,40H,7-14,16-17,19-21,23,25H2,1H3,(H,47,60)(H,49,57,59). The fourth-order valence-electron chi connectivity index (χ4n) is 9.15. The molecule has 3 aliphatic heterocycles. The first-order chi connectivity index (χ1) is 30.1. The lowest BCUT2D eigenvalue weighted by molar-refractivity contribution is -0.134. The SMILES string of the molecule is Cn1nc(C2CCC(=O)NC2=O)c2cccc(C#CCOC3CCN(CC4CCC(n5cc(NC(=O)c6cnn7ccc(N8CCOCC8=O)nc67)c(C(F)F)n5)CC4)CC3)c21. The lowest BCUT2D eigenvalue weighted by Crippen LogP contribution is -2.42. The van der Waals surface area contributed by atoms with Crippen LogP contribution in [0.3, 0.4) is 0 Å². The number of anilines is 2. The van der Waals surface area contributed by atoms with E-state index in [1.165, 1.54) is 21.8 Å². The summed E-state index contributed by atoms with van der Waals surface area (Å²) in [5.74, 6) is 5.27. The number of aryl methyl sites for hydroxylation is 1. The number of alkyl halides is 2. The zero-order chi connectivity index (χ0) is 42.9. The van der Waals surface area contributed by atoms with E-state index in [4.69, 9.17) is 9.47 Å². The van der Waals surface area contributed by atoms with Crippen molar-refractivity contribution in [1.82, 2.24) is 44.4 Å². The number of amides is 4. The number of para-hydroxylation sites is 1. The van der Waals surface area contributed by atoms with Crippen molar-refractivity contribution in [2.24, 2.45) is 13.0 Å². The molecule has 4 aliphatic rings. The van der Waals surface area contributed by atoms with Gasteiger partial charge in [0.1, 0.15) is 24.6 Å². The molecule has 4 fully saturated rings. The maximum Gasteiger partial charge on any atom is 0.284 e. The molecule has 19 heteroatoms. The molecule has 9 rings (SSSR count). The summed E-state index contributed by atoms with van der Waals surface area (Å²) in [6, 6.07) is 7.32. The maximum absolute atomic E-state index is 14.2. The van der Waals surface area contributed by atoms with Crippen LogP contribution in [0.15, 0.2) is 42.9 Å². The van der Waals surface area contributed by atoms with Gasteiger partial charge in [-0.05, 0) is 63.0 Å². The van der Waals surface area contributed by atoms with Gasteiger partial charge in [0.25, 0.3) is 18.2 Å². The highest BCUT2D eigenvalue weighted by Gasteiger charge is 2.33. The van der Waals surface area contributed by atoms with Crippen molar-refractivity contribution in [3.8, 4) is 11.8 Å². The number of fused-ring (bicyclic) bond motifs is 2. The number of rotatable bonds is 10. The summed E-state index contributed by atoms with van der Waals surface area (Å²) in [6.45, 7) is 3.71. The van der Waals surface area contributed by atoms with E-state index in [0.29, 0.717) is 43.6 Å². The number of hydrogen-bond acceptors (Lipinski definition) is 11. The van der Waals surface area contributed by atoms with E-state index >= 15 is 0 Å². The molecule has 4 aromatic heterocycles. The van der Waals surface area contributed by atoms with Gasteiger partial charge in [-0.1, -0.05) is 24.0 Å². The van der Waals surface area contributed by atoms with Crippen molar-refractivity contribution in [1.29, 1.82) is 0 Å². The molecule has 4 amide bonds. The third-order valence-corrected chi connectivity index (χ3v) is 12.4. The van der Waals surface area contributed by atoms with E-state index in [0.717, 1.165) is 74.6 Å². The summed E-state index contributed by atoms with van der Waals surface area (Å²) in [4.78, 5) is 58.5. The van der Waals surface area contributed by atoms with Crippen LogP contribution in [-0.2, 0) is 30.9 Å². The summed E-state index contributed by atoms with van der Waals surface area (Å²) in [5, 5.41) is 19.0. The number of benzene rings is 1. The van der Waals surface area contributed by atoms with Gasteiger partial charge in [-0.2, -0.15) is 15.3 Å². The fraction of sp³-hybridized carbons (Fsp3) is 0.488. The Morgan fingerprint density at radius 3 is 2.65 bits per heavy atom. The van der Waals surface area contributed by atoms with Gasteiger partial charge in [0.2, 0.25) is 11.8 Å². The van der Waals surface area contributed by atoms with Crippen LogP contribution in [-0.4, -0.2) is 115 Å². The van der Waals surface area contributed by atoms with E-state index in [1.807, 2.05) is 25.2 Å². The second kappa shape index (κ2) is 17.7. The number of carbonyl (C=O) groups excluding carboxylic acids is 4. The minimum Gasteiger partial charge on any atom is -0.370 e. The normalized spacial score (nSPS) is 21.7. The molecule has 1 unspecified atom stereocenters. The van der Waals surface area contributed by atoms with Crippen LogP contribution < -0.4 is 15.5 Å². The number of ether oxygens (including phenoxy) is 2. The minimum absolute atomic E-state index is 0.0616. The van der Waals surface area contributed by atoms with E-state index in [1.54, 1.807) is 21.6 Å². The monoisotopic (exact) mass is 851 g/mol. The highest BCUT2D eigenvalue weighted by molar-refractivity contribution is 6.08. The summed E-state index contributed by atoms with van der Waals surface area (Å²) in [5.41, 5.74) is 2.01. The van der Waals surface area contributed by atoms with Gasteiger partial charge in [-0.25, -0.2) is 18.3 Å². The third-order valence-electron chi connectivity index (χ3n) is 12.4. The molecule has 0 bridgehead atoms. The molecular weight excluding hydrogens is 805 g/mol. The van der Waals surface area contributed by atoms with Crippen molar-refractivity contribution in [2.75, 3.05) is 56.2 Å². The first-order valence-electron chi connectivity index (χ1n) is 21.1. The molecule has 3 saturated heterocycles. The Balaban J connectivity index is 0.746. The van der Waals surface area contributed by atoms with Gasteiger partial charge >= 0.3 is 0 Å². The lowest BCUT2D eigenvalue weighted by atomic mass is 9.85. The van der Waals surface area contributed by atoms with E-state index in [2.05, 4.69) is 47.7 Å². The Labute approximate surface area is 355 Å². The molecule has 1 aliphatic carbocycles. The highest BCUT2D eigenvalue weighted by atomic mass is 19.3. The number of nitrogens with zero attached hydrogens (tertiary/aromatic N) is 9. The number of nitrogens with one attached hydrogen (secondary N) is 2. The zero-order valence-electron chi connectivity index (χ0n) is 34.3. The molecule has 17 nitrogen and oxygen atoms in total. The van der Waals surface area contributed by atoms with Crippen molar-refractivity contribution < 1.29 is 37.4 Å². The number of carbonyl (C=O) groups is 4. The van der Waals surface area contributed by atoms with Crippen molar-refractivity contribution >= 4 is 51.7 Å². The van der Waals surface area contributed by atoms with Gasteiger partial charge < -0.3 is 19.7 Å². The lowest BCUT2D eigenvalue weighted by Gasteiger charge is -2.36. The zero-order valence-corrected chi connectivity index (χ0v) is 34.3. The number of piperidine rings is 2. The van der Waals surface area contributed by atoms with E-state index in [-0.39, 0.29) is 59.8 Å². The number of aromatic nitrogens is 7. The predicted octanol–water partition coefficient (Wildman–Crippen LogP) is 4.15. The molecule has 0 spiro atoms. The van der Waals surface area contributed by atoms with Gasteiger partial charge in [0.15, 0.2) is 11.3 Å². The molecule has 5 aromatic rings. The molecule has 324 valence electrons. The number of imide groups is 1. The predicted molar refractivity (Wildman–Crippen MR) is 220 cm³/mol. The van der Waals surface area contributed by atoms with E-state index < -0.39 is 23.9 Å². The van der Waals surface area contributed by atoms with Gasteiger partial charge in [-0.15, -0.1) is 0 Å². The van der Waals surface area contributed by atoms with Gasteiger partial charge in [0.05, 0.1) is 59.9 Å². The summed E-state index contributed by atoms with van der Waals surface area (Å²) >= 11 is 0. The minimum atomic E-state index is -2.90. The van der Waals surface area contributed by atoms with E-state index in [9.17, 15) is 28.0 Å². The summed E-state index contributed by atoms with van der Waals surface area (Å²) in [6.07, 6.45) is 7.58. The van der Waals surface area contributed by atoms with Crippen molar-refractivity contribution in [3.63, 3.8) is 0 Å². The largest absolute Gasteiger partial charge is 0.370 e. The topological polar surface area (TPSA) is 183 Å². The first kappa shape index (κ1) is 41.3. The summed E-state index contributed by atoms with van der Waals surface area (Å²) in [7, 11) is 1.83. The quantitative estimate of drug-likeness (QED) is 0.152. The molecule has 0 radical (unpaired) electrons. The van der Waals surface area contributed by atoms with Crippen molar-refractivity contribution in [3.05, 3.63) is 65.4 Å². The smallest absolute Gasteiger partial charge is 0.284 e. The van der Waals surface area contributed by atoms with Crippen LogP contribution in [0.4, 0.5) is 20.3 Å². The number of likely N-dealkylation sites (tertiary alicyclic amines) is 1. The van der Waals surface area contributed by atoms with Crippen LogP contribution in [0, 0.1) is 17.8 Å².